The van der Waals surface area contributed by atoms with Gasteiger partial charge in [0.15, 0.2) is 5.82 Å². The van der Waals surface area contributed by atoms with Crippen LogP contribution < -0.4 is 13.8 Å². The first-order valence-electron chi connectivity index (χ1n) is 12.2. The molecule has 1 heterocycles. The summed E-state index contributed by atoms with van der Waals surface area (Å²) in [5, 5.41) is 13.9. The third kappa shape index (κ3) is 6.47. The van der Waals surface area contributed by atoms with E-state index in [0.717, 1.165) is 0 Å². The van der Waals surface area contributed by atoms with Crippen molar-refractivity contribution in [3.8, 4) is 22.8 Å². The molecular formula is C27H37N3O7S. The van der Waals surface area contributed by atoms with Gasteiger partial charge < -0.3 is 24.1 Å². The standard InChI is InChI=1S/C27H37N3O7S/c1-27(2,3)22-9-7-8-10-23(22)38(32,33)30(19-36-18-17-34-5)26-24(20-11-13-21(35-6)14-12-20)25(28-29(26)4)37-16-15-31/h7-14,31H,15-19H2,1-6H3. The number of aromatic nitrogens is 2. The quantitative estimate of drug-likeness (QED) is 0.255. The number of aliphatic hydroxyl groups is 1. The molecule has 0 saturated carbocycles. The summed E-state index contributed by atoms with van der Waals surface area (Å²) in [7, 11) is 0.604. The van der Waals surface area contributed by atoms with Gasteiger partial charge in [-0.1, -0.05) is 51.1 Å². The van der Waals surface area contributed by atoms with Crippen LogP contribution in [0.5, 0.6) is 11.6 Å². The maximum atomic E-state index is 14.4. The van der Waals surface area contributed by atoms with Gasteiger partial charge in [-0.05, 0) is 34.7 Å². The average molecular weight is 548 g/mol. The second kappa shape index (κ2) is 12.6. The Morgan fingerprint density at radius 1 is 1.00 bits per heavy atom. The van der Waals surface area contributed by atoms with Gasteiger partial charge in [0.2, 0.25) is 5.88 Å². The Hall–Kier alpha value is -3.12. The van der Waals surface area contributed by atoms with Gasteiger partial charge in [-0.3, -0.25) is 0 Å². The number of rotatable bonds is 13. The maximum Gasteiger partial charge on any atom is 0.267 e. The van der Waals surface area contributed by atoms with Gasteiger partial charge >= 0.3 is 0 Å². The largest absolute Gasteiger partial charge is 0.497 e. The predicted molar refractivity (Wildman–Crippen MR) is 145 cm³/mol. The summed E-state index contributed by atoms with van der Waals surface area (Å²) in [5.41, 5.74) is 1.33. The number of aryl methyl sites for hydroxylation is 1. The summed E-state index contributed by atoms with van der Waals surface area (Å²) in [6, 6.07) is 14.1. The summed E-state index contributed by atoms with van der Waals surface area (Å²) in [6.45, 7) is 5.86. The summed E-state index contributed by atoms with van der Waals surface area (Å²) >= 11 is 0. The predicted octanol–water partition coefficient (Wildman–Crippen LogP) is 3.58. The van der Waals surface area contributed by atoms with Crippen molar-refractivity contribution < 1.29 is 32.5 Å². The van der Waals surface area contributed by atoms with Gasteiger partial charge in [0, 0.05) is 14.2 Å². The third-order valence-electron chi connectivity index (χ3n) is 5.83. The van der Waals surface area contributed by atoms with Gasteiger partial charge in [0.1, 0.15) is 19.1 Å². The lowest BCUT2D eigenvalue weighted by Crippen LogP contribution is -2.37. The zero-order valence-corrected chi connectivity index (χ0v) is 23.6. The molecule has 2 aromatic carbocycles. The minimum Gasteiger partial charge on any atom is -0.497 e. The fraction of sp³-hybridized carbons (Fsp3) is 0.444. The van der Waals surface area contributed by atoms with Crippen LogP contribution >= 0.6 is 0 Å². The van der Waals surface area contributed by atoms with E-state index in [1.807, 2.05) is 32.9 Å². The maximum absolute atomic E-state index is 14.4. The van der Waals surface area contributed by atoms with Crippen molar-refractivity contribution in [1.82, 2.24) is 9.78 Å². The Kier molecular flexibility index (Phi) is 9.77. The van der Waals surface area contributed by atoms with Gasteiger partial charge in [-0.2, -0.15) is 0 Å². The van der Waals surface area contributed by atoms with Crippen LogP contribution in [0.25, 0.3) is 11.1 Å². The number of methoxy groups -OCH3 is 2. The fourth-order valence-corrected chi connectivity index (χ4v) is 5.79. The van der Waals surface area contributed by atoms with Crippen LogP contribution in [-0.4, -0.2) is 70.7 Å². The molecule has 0 unspecified atom stereocenters. The van der Waals surface area contributed by atoms with E-state index in [1.165, 1.54) is 8.99 Å². The molecule has 0 atom stereocenters. The molecule has 0 saturated heterocycles. The van der Waals surface area contributed by atoms with Crippen LogP contribution in [0.4, 0.5) is 5.82 Å². The van der Waals surface area contributed by atoms with Crippen molar-refractivity contribution in [1.29, 1.82) is 0 Å². The van der Waals surface area contributed by atoms with E-state index in [9.17, 15) is 13.5 Å². The molecule has 208 valence electrons. The molecule has 0 bridgehead atoms. The molecule has 38 heavy (non-hydrogen) atoms. The molecule has 3 aromatic rings. The normalized spacial score (nSPS) is 12.0. The van der Waals surface area contributed by atoms with Crippen LogP contribution in [0, 0.1) is 0 Å². The van der Waals surface area contributed by atoms with E-state index in [-0.39, 0.29) is 43.1 Å². The van der Waals surface area contributed by atoms with Crippen LogP contribution in [0.3, 0.4) is 0 Å². The summed E-state index contributed by atoms with van der Waals surface area (Å²) in [6.07, 6.45) is 0. The second-order valence-corrected chi connectivity index (χ2v) is 11.4. The van der Waals surface area contributed by atoms with E-state index in [4.69, 9.17) is 18.9 Å². The molecule has 0 aliphatic heterocycles. The summed E-state index contributed by atoms with van der Waals surface area (Å²) in [4.78, 5) is 0.169. The van der Waals surface area contributed by atoms with Gasteiger partial charge in [-0.25, -0.2) is 17.4 Å². The minimum atomic E-state index is -4.15. The molecule has 0 aliphatic carbocycles. The van der Waals surface area contributed by atoms with Crippen molar-refractivity contribution in [2.75, 3.05) is 51.7 Å². The molecule has 0 fully saturated rings. The van der Waals surface area contributed by atoms with E-state index in [0.29, 0.717) is 29.0 Å². The highest BCUT2D eigenvalue weighted by Crippen LogP contribution is 2.42. The Bertz CT molecular complexity index is 1300. The number of anilines is 1. The van der Waals surface area contributed by atoms with Crippen molar-refractivity contribution in [3.63, 3.8) is 0 Å². The highest BCUT2D eigenvalue weighted by atomic mass is 32.2. The number of hydrogen-bond donors (Lipinski definition) is 1. The highest BCUT2D eigenvalue weighted by molar-refractivity contribution is 7.92. The van der Waals surface area contributed by atoms with Crippen molar-refractivity contribution in [2.45, 2.75) is 31.1 Å². The first-order chi connectivity index (χ1) is 18.1. The molecule has 1 N–H and O–H groups in total. The molecule has 0 spiro atoms. The average Bonchev–Trinajstić information content (AvgIpc) is 3.22. The van der Waals surface area contributed by atoms with Gasteiger partial charge in [0.05, 0.1) is 37.4 Å². The molecule has 11 heteroatoms. The number of aliphatic hydroxyl groups excluding tert-OH is 1. The van der Waals surface area contributed by atoms with Gasteiger partial charge in [-0.15, -0.1) is 5.10 Å². The topological polar surface area (TPSA) is 112 Å². The molecule has 1 aromatic heterocycles. The van der Waals surface area contributed by atoms with E-state index < -0.39 is 15.4 Å². The lowest BCUT2D eigenvalue weighted by atomic mass is 9.87. The van der Waals surface area contributed by atoms with E-state index >= 15 is 0 Å². The Labute approximate surface area is 224 Å². The lowest BCUT2D eigenvalue weighted by Gasteiger charge is -2.29. The zero-order chi connectivity index (χ0) is 27.9. The number of ether oxygens (including phenoxy) is 4. The number of benzene rings is 2. The van der Waals surface area contributed by atoms with E-state index in [2.05, 4.69) is 5.10 Å². The minimum absolute atomic E-state index is 0.0104. The van der Waals surface area contributed by atoms with Gasteiger partial charge in [0.25, 0.3) is 10.0 Å². The molecule has 0 amide bonds. The van der Waals surface area contributed by atoms with Crippen molar-refractivity contribution in [2.24, 2.45) is 7.05 Å². The fourth-order valence-electron chi connectivity index (χ4n) is 3.99. The van der Waals surface area contributed by atoms with Crippen LogP contribution in [0.15, 0.2) is 53.4 Å². The Morgan fingerprint density at radius 3 is 2.29 bits per heavy atom. The molecule has 10 nitrogen and oxygen atoms in total. The Balaban J connectivity index is 2.26. The molecule has 3 rings (SSSR count). The molecule has 0 aliphatic rings. The van der Waals surface area contributed by atoms with Crippen LogP contribution in [0.1, 0.15) is 26.3 Å². The first kappa shape index (κ1) is 29.4. The monoisotopic (exact) mass is 547 g/mol. The molecule has 0 radical (unpaired) electrons. The number of hydrogen-bond acceptors (Lipinski definition) is 8. The Morgan fingerprint density at radius 2 is 1.68 bits per heavy atom. The number of nitrogens with zero attached hydrogens (tertiary/aromatic N) is 3. The number of sulfonamides is 1. The smallest absolute Gasteiger partial charge is 0.267 e. The zero-order valence-electron chi connectivity index (χ0n) is 22.8. The highest BCUT2D eigenvalue weighted by Gasteiger charge is 2.36. The van der Waals surface area contributed by atoms with Crippen molar-refractivity contribution >= 4 is 15.8 Å². The molecular weight excluding hydrogens is 510 g/mol. The first-order valence-corrected chi connectivity index (χ1v) is 13.6. The SMILES string of the molecule is COCCOCN(c1c(-c2ccc(OC)cc2)c(OCCO)nn1C)S(=O)(=O)c1ccccc1C(C)(C)C. The summed E-state index contributed by atoms with van der Waals surface area (Å²) < 4.78 is 53.3. The van der Waals surface area contributed by atoms with E-state index in [1.54, 1.807) is 57.7 Å². The second-order valence-electron chi connectivity index (χ2n) is 9.56. The lowest BCUT2D eigenvalue weighted by molar-refractivity contribution is 0.0753. The summed E-state index contributed by atoms with van der Waals surface area (Å²) in [5.74, 6) is 1.08. The van der Waals surface area contributed by atoms with Crippen molar-refractivity contribution in [3.05, 3.63) is 54.1 Å². The third-order valence-corrected chi connectivity index (χ3v) is 7.60. The van der Waals surface area contributed by atoms with Crippen LogP contribution in [-0.2, 0) is 32.0 Å². The van der Waals surface area contributed by atoms with Crippen LogP contribution in [0.2, 0.25) is 0 Å².